The van der Waals surface area contributed by atoms with E-state index >= 15 is 0 Å². The lowest BCUT2D eigenvalue weighted by molar-refractivity contribution is -0.135. The van der Waals surface area contributed by atoms with Gasteiger partial charge in [-0.1, -0.05) is 30.3 Å². The molecule has 1 aliphatic heterocycles. The fraction of sp³-hybridized carbons (Fsp3) is 0.353. The molecule has 0 saturated carbocycles. The van der Waals surface area contributed by atoms with Crippen molar-refractivity contribution < 1.29 is 14.0 Å². The second kappa shape index (κ2) is 7.65. The van der Waals surface area contributed by atoms with Crippen LogP contribution in [-0.4, -0.2) is 54.3 Å². The number of halogens is 2. The highest BCUT2D eigenvalue weighted by Gasteiger charge is 2.45. The molecule has 0 spiro atoms. The first kappa shape index (κ1) is 18.9. The Balaban J connectivity index is 2.34. The fourth-order valence-electron chi connectivity index (χ4n) is 2.80. The number of carbonyl (C=O) groups is 2. The van der Waals surface area contributed by atoms with E-state index in [0.717, 1.165) is 0 Å². The van der Waals surface area contributed by atoms with E-state index in [1.54, 1.807) is 32.1 Å². The van der Waals surface area contributed by atoms with Crippen LogP contribution in [-0.2, 0) is 9.59 Å². The number of likely N-dealkylation sites (tertiary alicyclic amines) is 1. The molecule has 0 unspecified atom stereocenters. The molecule has 0 bridgehead atoms. The number of nitrogens with one attached hydrogen (secondary N) is 1. The summed E-state index contributed by atoms with van der Waals surface area (Å²) in [7, 11) is 5.14. The summed E-state index contributed by atoms with van der Waals surface area (Å²) < 4.78 is 13.2. The molecule has 1 aromatic heterocycles. The van der Waals surface area contributed by atoms with Crippen LogP contribution < -0.4 is 5.32 Å². The molecular formula is C17H20ClFN4O2. The first-order valence-corrected chi connectivity index (χ1v) is 8.02. The van der Waals surface area contributed by atoms with E-state index in [2.05, 4.69) is 16.9 Å². The van der Waals surface area contributed by atoms with Gasteiger partial charge < -0.3 is 15.1 Å². The molecule has 1 fully saturated rings. The van der Waals surface area contributed by atoms with E-state index in [0.29, 0.717) is 17.3 Å². The Hall–Kier alpha value is -2.41. The lowest BCUT2D eigenvalue weighted by atomic mass is 9.87. The number of aromatic nitrogens is 1. The SMILES string of the molecule is C=C/C(=C(/Cl)N(C)C)[C@H]1CN(C)C(=O)[C@@H]1C(=O)Nc1cccc(F)n1. The number of pyridine rings is 1. The zero-order valence-corrected chi connectivity index (χ0v) is 15.0. The van der Waals surface area contributed by atoms with Crippen molar-refractivity contribution in [1.82, 2.24) is 14.8 Å². The molecule has 1 aliphatic rings. The van der Waals surface area contributed by atoms with Crippen LogP contribution in [0.2, 0.25) is 0 Å². The minimum atomic E-state index is -0.989. The second-order valence-electron chi connectivity index (χ2n) is 5.98. The molecule has 0 aromatic carbocycles. The molecule has 1 saturated heterocycles. The van der Waals surface area contributed by atoms with Gasteiger partial charge in [0, 0.05) is 33.6 Å². The van der Waals surface area contributed by atoms with Crippen LogP contribution >= 0.6 is 11.6 Å². The third-order valence-electron chi connectivity index (χ3n) is 4.01. The third-order valence-corrected chi connectivity index (χ3v) is 4.57. The molecule has 134 valence electrons. The molecule has 2 rings (SSSR count). The van der Waals surface area contributed by atoms with E-state index < -0.39 is 23.7 Å². The van der Waals surface area contributed by atoms with E-state index in [1.165, 1.54) is 23.1 Å². The summed E-state index contributed by atoms with van der Waals surface area (Å²) in [5, 5.41) is 2.91. The molecule has 8 heteroatoms. The molecule has 2 atom stereocenters. The molecule has 2 amide bonds. The number of allylic oxidation sites excluding steroid dienone is 1. The highest BCUT2D eigenvalue weighted by Crippen LogP contribution is 2.34. The van der Waals surface area contributed by atoms with Crippen LogP contribution in [0.25, 0.3) is 0 Å². The van der Waals surface area contributed by atoms with E-state index in [9.17, 15) is 14.0 Å². The second-order valence-corrected chi connectivity index (χ2v) is 6.34. The van der Waals surface area contributed by atoms with Crippen molar-refractivity contribution >= 4 is 29.2 Å². The number of anilines is 1. The minimum absolute atomic E-state index is 0.0499. The third kappa shape index (κ3) is 3.99. The maximum atomic E-state index is 13.2. The predicted molar refractivity (Wildman–Crippen MR) is 94.2 cm³/mol. The summed E-state index contributed by atoms with van der Waals surface area (Å²) in [6, 6.07) is 4.05. The van der Waals surface area contributed by atoms with Crippen LogP contribution in [0, 0.1) is 17.8 Å². The van der Waals surface area contributed by atoms with Gasteiger partial charge in [-0.3, -0.25) is 9.59 Å². The van der Waals surface area contributed by atoms with Crippen LogP contribution in [0.5, 0.6) is 0 Å². The molecule has 0 radical (unpaired) electrons. The van der Waals surface area contributed by atoms with Crippen molar-refractivity contribution in [3.63, 3.8) is 0 Å². The summed E-state index contributed by atoms with van der Waals surface area (Å²) in [5.41, 5.74) is 0.608. The Kier molecular flexibility index (Phi) is 5.79. The Bertz CT molecular complexity index is 735. The molecule has 2 heterocycles. The molecule has 0 aliphatic carbocycles. The maximum Gasteiger partial charge on any atom is 0.238 e. The standard InChI is InChI=1S/C17H20ClFN4O2/c1-5-10(15(18)22(2)3)11-9-23(4)17(25)14(11)16(24)21-13-8-6-7-12(19)20-13/h5-8,11,14H,1,9H2,2-4H3,(H,20,21,24)/b15-10+/t11-,14+/m1/s1. The van der Waals surface area contributed by atoms with Crippen molar-refractivity contribution in [3.8, 4) is 0 Å². The Morgan fingerprint density at radius 1 is 1.52 bits per heavy atom. The van der Waals surface area contributed by atoms with Crippen LogP contribution in [0.1, 0.15) is 0 Å². The molecule has 6 nitrogen and oxygen atoms in total. The van der Waals surface area contributed by atoms with E-state index in [4.69, 9.17) is 11.6 Å². The van der Waals surface area contributed by atoms with Crippen molar-refractivity contribution in [1.29, 1.82) is 0 Å². The van der Waals surface area contributed by atoms with Gasteiger partial charge in [0.05, 0.1) is 0 Å². The van der Waals surface area contributed by atoms with Gasteiger partial charge in [0.25, 0.3) is 0 Å². The number of rotatable bonds is 5. The molecule has 1 aromatic rings. The van der Waals surface area contributed by atoms with Crippen molar-refractivity contribution in [2.45, 2.75) is 0 Å². The first-order valence-electron chi connectivity index (χ1n) is 7.64. The number of nitrogens with zero attached hydrogens (tertiary/aromatic N) is 3. The smallest absolute Gasteiger partial charge is 0.238 e. The van der Waals surface area contributed by atoms with Gasteiger partial charge in [-0.2, -0.15) is 4.39 Å². The highest BCUT2D eigenvalue weighted by molar-refractivity contribution is 6.29. The average Bonchev–Trinajstić information content (AvgIpc) is 2.83. The number of hydrogen-bond donors (Lipinski definition) is 1. The lowest BCUT2D eigenvalue weighted by Crippen LogP contribution is -2.34. The quantitative estimate of drug-likeness (QED) is 0.375. The van der Waals surface area contributed by atoms with Gasteiger partial charge in [0.1, 0.15) is 16.9 Å². The Labute approximate surface area is 151 Å². The number of amides is 2. The van der Waals surface area contributed by atoms with Crippen molar-refractivity contribution in [2.24, 2.45) is 11.8 Å². The van der Waals surface area contributed by atoms with Crippen LogP contribution in [0.4, 0.5) is 10.2 Å². The van der Waals surface area contributed by atoms with Gasteiger partial charge in [-0.25, -0.2) is 4.98 Å². The van der Waals surface area contributed by atoms with E-state index in [-0.39, 0.29) is 11.7 Å². The zero-order valence-electron chi connectivity index (χ0n) is 14.3. The summed E-state index contributed by atoms with van der Waals surface area (Å²) in [4.78, 5) is 31.9. The van der Waals surface area contributed by atoms with Gasteiger partial charge in [0.2, 0.25) is 17.8 Å². The monoisotopic (exact) mass is 366 g/mol. The molecule has 25 heavy (non-hydrogen) atoms. The topological polar surface area (TPSA) is 65.5 Å². The van der Waals surface area contributed by atoms with E-state index in [1.807, 2.05) is 0 Å². The summed E-state index contributed by atoms with van der Waals surface area (Å²) in [6.07, 6.45) is 1.56. The van der Waals surface area contributed by atoms with Crippen LogP contribution in [0.3, 0.4) is 0 Å². The highest BCUT2D eigenvalue weighted by atomic mass is 35.5. The molecule has 1 N–H and O–H groups in total. The summed E-state index contributed by atoms with van der Waals surface area (Å²) in [6.45, 7) is 4.09. The fourth-order valence-corrected chi connectivity index (χ4v) is 3.02. The largest absolute Gasteiger partial charge is 0.368 e. The van der Waals surface area contributed by atoms with Gasteiger partial charge >= 0.3 is 0 Å². The normalized spacial score (nSPS) is 21.0. The Morgan fingerprint density at radius 3 is 2.76 bits per heavy atom. The van der Waals surface area contributed by atoms with Gasteiger partial charge in [-0.15, -0.1) is 0 Å². The average molecular weight is 367 g/mol. The Morgan fingerprint density at radius 2 is 2.20 bits per heavy atom. The lowest BCUT2D eigenvalue weighted by Gasteiger charge is -2.22. The summed E-state index contributed by atoms with van der Waals surface area (Å²) in [5.74, 6) is -3.00. The maximum absolute atomic E-state index is 13.2. The number of hydrogen-bond acceptors (Lipinski definition) is 4. The first-order chi connectivity index (χ1) is 11.8. The summed E-state index contributed by atoms with van der Waals surface area (Å²) >= 11 is 6.32. The predicted octanol–water partition coefficient (Wildman–Crippen LogP) is 2.06. The molecular weight excluding hydrogens is 347 g/mol. The van der Waals surface area contributed by atoms with Gasteiger partial charge in [-0.05, 0) is 17.7 Å². The van der Waals surface area contributed by atoms with Crippen molar-refractivity contribution in [3.05, 3.63) is 47.5 Å². The number of carbonyl (C=O) groups excluding carboxylic acids is 2. The zero-order chi connectivity index (χ0) is 18.7. The van der Waals surface area contributed by atoms with Gasteiger partial charge in [0.15, 0.2) is 0 Å². The minimum Gasteiger partial charge on any atom is -0.368 e. The van der Waals surface area contributed by atoms with Crippen LogP contribution in [0.15, 0.2) is 41.6 Å². The van der Waals surface area contributed by atoms with Crippen molar-refractivity contribution in [2.75, 3.05) is 33.0 Å².